The van der Waals surface area contributed by atoms with Crippen LogP contribution in [0.25, 0.3) is 0 Å². The first-order valence-electron chi connectivity index (χ1n) is 7.66. The highest BCUT2D eigenvalue weighted by Crippen LogP contribution is 2.38. The fourth-order valence-corrected chi connectivity index (χ4v) is 4.02. The summed E-state index contributed by atoms with van der Waals surface area (Å²) >= 11 is 0. The summed E-state index contributed by atoms with van der Waals surface area (Å²) in [6.07, 6.45) is 4.42. The average Bonchev–Trinajstić information content (AvgIpc) is 2.42. The van der Waals surface area contributed by atoms with Crippen molar-refractivity contribution in [1.29, 1.82) is 0 Å². The third kappa shape index (κ3) is 6.87. The van der Waals surface area contributed by atoms with Gasteiger partial charge in [-0.1, -0.05) is 12.8 Å². The lowest BCUT2D eigenvalue weighted by molar-refractivity contribution is -0.146. The molecule has 1 unspecified atom stereocenters. The number of unbranched alkanes of at least 4 members (excludes halogenated alkanes) is 3. The van der Waals surface area contributed by atoms with Crippen LogP contribution in [-0.2, 0) is 14.2 Å². The third-order valence-electron chi connectivity index (χ3n) is 3.63. The highest BCUT2D eigenvalue weighted by atomic mass is 31.2. The topological polar surface area (TPSA) is 133 Å². The van der Waals surface area contributed by atoms with Gasteiger partial charge in [0.05, 0.1) is 6.04 Å². The molecule has 1 heterocycles. The van der Waals surface area contributed by atoms with E-state index in [1.807, 2.05) is 0 Å². The summed E-state index contributed by atoms with van der Waals surface area (Å²) in [6.45, 7) is 0.620. The van der Waals surface area contributed by atoms with Crippen LogP contribution in [0.3, 0.4) is 0 Å². The Bertz CT molecular complexity index is 432. The van der Waals surface area contributed by atoms with Gasteiger partial charge in [-0.05, 0) is 32.2 Å². The molecule has 8 nitrogen and oxygen atoms in total. The van der Waals surface area contributed by atoms with Gasteiger partial charge in [-0.25, -0.2) is 5.09 Å². The molecule has 0 aromatic heterocycles. The van der Waals surface area contributed by atoms with Crippen molar-refractivity contribution in [3.8, 4) is 0 Å². The highest BCUT2D eigenvalue weighted by Gasteiger charge is 2.33. The number of carbonyl (C=O) groups excluding carboxylic acids is 1. The van der Waals surface area contributed by atoms with Crippen molar-refractivity contribution in [2.24, 2.45) is 5.73 Å². The predicted molar refractivity (Wildman–Crippen MR) is 82.6 cm³/mol. The molecule has 9 heteroatoms. The van der Waals surface area contributed by atoms with E-state index in [9.17, 15) is 19.0 Å². The van der Waals surface area contributed by atoms with Crippen LogP contribution in [0.4, 0.5) is 0 Å². The summed E-state index contributed by atoms with van der Waals surface area (Å²) in [5.74, 6) is -1.49. The molecule has 1 fully saturated rings. The number of aliphatic carboxylic acids is 1. The number of rotatable bonds is 10. The monoisotopic (exact) mass is 335 g/mol. The van der Waals surface area contributed by atoms with Crippen LogP contribution < -0.4 is 10.8 Å². The number of carbonyl (C=O) groups is 2. The Morgan fingerprint density at radius 2 is 2.05 bits per heavy atom. The van der Waals surface area contributed by atoms with E-state index in [-0.39, 0.29) is 12.7 Å². The Morgan fingerprint density at radius 1 is 1.36 bits per heavy atom. The van der Waals surface area contributed by atoms with Crippen molar-refractivity contribution in [3.63, 3.8) is 0 Å². The van der Waals surface area contributed by atoms with E-state index in [1.54, 1.807) is 0 Å². The van der Waals surface area contributed by atoms with Gasteiger partial charge < -0.3 is 20.6 Å². The van der Waals surface area contributed by atoms with Crippen molar-refractivity contribution >= 4 is 19.4 Å². The minimum Gasteiger partial charge on any atom is -0.480 e. The average molecular weight is 335 g/mol. The second-order valence-corrected chi connectivity index (χ2v) is 7.71. The molecular formula is C13H26N3O5P. The van der Waals surface area contributed by atoms with Gasteiger partial charge in [0.15, 0.2) is 0 Å². The molecule has 1 aliphatic rings. The van der Waals surface area contributed by atoms with E-state index < -0.39 is 25.4 Å². The summed E-state index contributed by atoms with van der Waals surface area (Å²) < 4.78 is 12.1. The number of amides is 1. The quantitative estimate of drug-likeness (QED) is 0.334. The maximum atomic E-state index is 12.1. The summed E-state index contributed by atoms with van der Waals surface area (Å²) in [6, 6.07) is -0.770. The van der Waals surface area contributed by atoms with Crippen LogP contribution in [0, 0.1) is 0 Å². The standard InChI is InChI=1S/C13H26N3O5P/c14-7-3-1-2-4-9-22(20,21)15-11-6-5-8-16(13(11)19)10-12(17)18/h11H,1-10,14H2,(H,17,18)(H2,15,20,21)/t11-/m0/s1. The molecular weight excluding hydrogens is 309 g/mol. The van der Waals surface area contributed by atoms with Gasteiger partial charge in [0.25, 0.3) is 7.52 Å². The molecule has 0 bridgehead atoms. The molecule has 0 spiro atoms. The van der Waals surface area contributed by atoms with Crippen LogP contribution in [0.5, 0.6) is 0 Å². The number of likely N-dealkylation sites (tertiary alicyclic amines) is 1. The second kappa shape index (κ2) is 9.25. The van der Waals surface area contributed by atoms with Gasteiger partial charge in [-0.3, -0.25) is 14.2 Å². The lowest BCUT2D eigenvalue weighted by Gasteiger charge is -2.32. The van der Waals surface area contributed by atoms with Crippen molar-refractivity contribution in [1.82, 2.24) is 9.99 Å². The van der Waals surface area contributed by atoms with Gasteiger partial charge in [-0.15, -0.1) is 0 Å². The predicted octanol–water partition coefficient (Wildman–Crippen LogP) is 0.356. The molecule has 0 aliphatic carbocycles. The zero-order valence-corrected chi connectivity index (χ0v) is 13.6. The highest BCUT2D eigenvalue weighted by molar-refractivity contribution is 7.55. The van der Waals surface area contributed by atoms with E-state index >= 15 is 0 Å². The first-order chi connectivity index (χ1) is 10.4. The molecule has 0 saturated carbocycles. The number of carboxylic acid groups (broad SMARTS) is 1. The Balaban J connectivity index is 2.44. The Hall–Kier alpha value is -0.950. The van der Waals surface area contributed by atoms with E-state index in [2.05, 4.69) is 5.09 Å². The van der Waals surface area contributed by atoms with Crippen LogP contribution >= 0.6 is 7.52 Å². The van der Waals surface area contributed by atoms with Gasteiger partial charge >= 0.3 is 5.97 Å². The minimum absolute atomic E-state index is 0.111. The van der Waals surface area contributed by atoms with Crippen molar-refractivity contribution in [2.45, 2.75) is 44.6 Å². The van der Waals surface area contributed by atoms with Crippen molar-refractivity contribution in [2.75, 3.05) is 25.8 Å². The summed E-state index contributed by atoms with van der Waals surface area (Å²) in [7, 11) is -3.58. The number of carboxylic acids is 1. The smallest absolute Gasteiger partial charge is 0.323 e. The Labute approximate surface area is 130 Å². The van der Waals surface area contributed by atoms with Crippen LogP contribution in [0.15, 0.2) is 0 Å². The maximum absolute atomic E-state index is 12.1. The number of piperidine rings is 1. The van der Waals surface area contributed by atoms with Crippen LogP contribution in [0.1, 0.15) is 38.5 Å². The van der Waals surface area contributed by atoms with E-state index in [4.69, 9.17) is 10.8 Å². The number of nitrogens with zero attached hydrogens (tertiary/aromatic N) is 1. The SMILES string of the molecule is NCCCCCCP(=O)(O)N[C@H]1CCCN(CC(=O)O)C1=O. The molecule has 0 aromatic carbocycles. The first kappa shape index (κ1) is 19.1. The summed E-state index contributed by atoms with van der Waals surface area (Å²) in [4.78, 5) is 34.0. The maximum Gasteiger partial charge on any atom is 0.323 e. The zero-order valence-electron chi connectivity index (χ0n) is 12.7. The third-order valence-corrected chi connectivity index (χ3v) is 5.27. The molecule has 1 aliphatic heterocycles. The van der Waals surface area contributed by atoms with E-state index in [0.29, 0.717) is 32.4 Å². The largest absolute Gasteiger partial charge is 0.480 e. The van der Waals surface area contributed by atoms with Crippen LogP contribution in [-0.4, -0.2) is 58.6 Å². The molecule has 1 saturated heterocycles. The molecule has 1 rings (SSSR count). The van der Waals surface area contributed by atoms with Gasteiger partial charge in [0.2, 0.25) is 5.91 Å². The van der Waals surface area contributed by atoms with Gasteiger partial charge in [-0.2, -0.15) is 0 Å². The number of hydrogen-bond acceptors (Lipinski definition) is 4. The fourth-order valence-electron chi connectivity index (χ4n) is 2.51. The van der Waals surface area contributed by atoms with Gasteiger partial charge in [0, 0.05) is 12.7 Å². The lowest BCUT2D eigenvalue weighted by atomic mass is 10.1. The number of hydrogen-bond donors (Lipinski definition) is 4. The number of nitrogens with two attached hydrogens (primary N) is 1. The Morgan fingerprint density at radius 3 is 2.68 bits per heavy atom. The van der Waals surface area contributed by atoms with Crippen molar-refractivity contribution < 1.29 is 24.2 Å². The van der Waals surface area contributed by atoms with E-state index in [0.717, 1.165) is 19.3 Å². The van der Waals surface area contributed by atoms with Gasteiger partial charge in [0.1, 0.15) is 6.54 Å². The first-order valence-corrected chi connectivity index (χ1v) is 9.50. The summed E-state index contributed by atoms with van der Waals surface area (Å²) in [5, 5.41) is 11.3. The molecule has 1 amide bonds. The van der Waals surface area contributed by atoms with Crippen LogP contribution in [0.2, 0.25) is 0 Å². The summed E-state index contributed by atoms with van der Waals surface area (Å²) in [5.41, 5.74) is 5.38. The van der Waals surface area contributed by atoms with Crippen molar-refractivity contribution in [3.05, 3.63) is 0 Å². The molecule has 128 valence electrons. The molecule has 0 aromatic rings. The zero-order chi connectivity index (χ0) is 16.6. The Kier molecular flexibility index (Phi) is 8.03. The fraction of sp³-hybridized carbons (Fsp3) is 0.846. The normalized spacial score (nSPS) is 21.6. The minimum atomic E-state index is -3.58. The molecule has 5 N–H and O–H groups in total. The van der Waals surface area contributed by atoms with E-state index in [1.165, 1.54) is 4.90 Å². The lowest BCUT2D eigenvalue weighted by Crippen LogP contribution is -2.51. The molecule has 2 atom stereocenters. The molecule has 0 radical (unpaired) electrons. The second-order valence-electron chi connectivity index (χ2n) is 5.61. The number of nitrogens with one attached hydrogen (secondary N) is 1. The molecule has 22 heavy (non-hydrogen) atoms.